The van der Waals surface area contributed by atoms with E-state index in [1.165, 1.54) is 12.1 Å². The van der Waals surface area contributed by atoms with E-state index in [0.29, 0.717) is 10.9 Å². The van der Waals surface area contributed by atoms with Gasteiger partial charge >= 0.3 is 5.97 Å². The van der Waals surface area contributed by atoms with Gasteiger partial charge in [0.2, 0.25) is 0 Å². The molecule has 4 nitrogen and oxygen atoms in total. The van der Waals surface area contributed by atoms with Gasteiger partial charge < -0.3 is 10.4 Å². The first-order valence-corrected chi connectivity index (χ1v) is 6.49. The zero-order chi connectivity index (χ0) is 14.6. The average molecular weight is 332 g/mol. The van der Waals surface area contributed by atoms with E-state index in [9.17, 15) is 14.0 Å². The van der Waals surface area contributed by atoms with Crippen molar-refractivity contribution in [2.45, 2.75) is 20.3 Å². The number of nitrogens with one attached hydrogen (secondary N) is 1. The summed E-state index contributed by atoms with van der Waals surface area (Å²) in [6, 6.07) is 3.88. The van der Waals surface area contributed by atoms with E-state index in [-0.39, 0.29) is 12.1 Å². The van der Waals surface area contributed by atoms with Crippen LogP contribution in [0.15, 0.2) is 22.7 Å². The molecule has 0 aliphatic heterocycles. The van der Waals surface area contributed by atoms with Crippen LogP contribution in [0.1, 0.15) is 30.6 Å². The molecule has 104 valence electrons. The Bertz CT molecular complexity index is 482. The molecule has 1 rings (SSSR count). The molecule has 0 aliphatic rings. The summed E-state index contributed by atoms with van der Waals surface area (Å²) in [7, 11) is 0. The molecule has 0 fully saturated rings. The van der Waals surface area contributed by atoms with E-state index >= 15 is 0 Å². The van der Waals surface area contributed by atoms with Crippen LogP contribution in [0.3, 0.4) is 0 Å². The number of benzene rings is 1. The second-order valence-corrected chi connectivity index (χ2v) is 5.77. The van der Waals surface area contributed by atoms with Crippen molar-refractivity contribution in [1.29, 1.82) is 0 Å². The SMILES string of the molecule is CC(C)(CCNC(=O)c1cc(F)cc(Br)c1)C(=O)O. The van der Waals surface area contributed by atoms with Crippen LogP contribution >= 0.6 is 15.9 Å². The Morgan fingerprint density at radius 3 is 2.53 bits per heavy atom. The summed E-state index contributed by atoms with van der Waals surface area (Å²) in [5.74, 6) is -1.86. The lowest BCUT2D eigenvalue weighted by Gasteiger charge is -2.18. The Hall–Kier alpha value is -1.43. The zero-order valence-electron chi connectivity index (χ0n) is 10.7. The maximum Gasteiger partial charge on any atom is 0.309 e. The third-order valence-corrected chi connectivity index (χ3v) is 3.20. The standard InChI is InChI=1S/C13H15BrFNO3/c1-13(2,12(18)19)3-4-16-11(17)8-5-9(14)7-10(15)6-8/h5-7H,3-4H2,1-2H3,(H,16,17)(H,18,19). The normalized spacial score (nSPS) is 11.2. The molecule has 1 amide bonds. The molecule has 6 heteroatoms. The molecule has 1 aromatic carbocycles. The Labute approximate surface area is 119 Å². The summed E-state index contributed by atoms with van der Waals surface area (Å²) < 4.78 is 13.6. The predicted octanol–water partition coefficient (Wildman–Crippen LogP) is 2.82. The third-order valence-electron chi connectivity index (χ3n) is 2.74. The number of rotatable bonds is 5. The molecular formula is C13H15BrFNO3. The van der Waals surface area contributed by atoms with Crippen LogP contribution in [0, 0.1) is 11.2 Å². The minimum Gasteiger partial charge on any atom is -0.481 e. The summed E-state index contributed by atoms with van der Waals surface area (Å²) >= 11 is 3.10. The smallest absolute Gasteiger partial charge is 0.309 e. The fourth-order valence-electron chi connectivity index (χ4n) is 1.38. The molecular weight excluding hydrogens is 317 g/mol. The number of carboxylic acid groups (broad SMARTS) is 1. The molecule has 19 heavy (non-hydrogen) atoms. The first kappa shape index (κ1) is 15.6. The van der Waals surface area contributed by atoms with Gasteiger partial charge in [-0.1, -0.05) is 15.9 Å². The first-order valence-electron chi connectivity index (χ1n) is 5.70. The van der Waals surface area contributed by atoms with Crippen LogP contribution in [0.4, 0.5) is 4.39 Å². The fraction of sp³-hybridized carbons (Fsp3) is 0.385. The van der Waals surface area contributed by atoms with E-state index in [4.69, 9.17) is 5.11 Å². The summed E-state index contributed by atoms with van der Waals surface area (Å²) in [4.78, 5) is 22.6. The Morgan fingerprint density at radius 2 is 2.00 bits per heavy atom. The van der Waals surface area contributed by atoms with Crippen molar-refractivity contribution in [3.63, 3.8) is 0 Å². The maximum atomic E-state index is 13.1. The van der Waals surface area contributed by atoms with Gasteiger partial charge in [-0.3, -0.25) is 9.59 Å². The van der Waals surface area contributed by atoms with Crippen molar-refractivity contribution in [2.24, 2.45) is 5.41 Å². The summed E-state index contributed by atoms with van der Waals surface area (Å²) in [5.41, 5.74) is -0.712. The number of amides is 1. The summed E-state index contributed by atoms with van der Waals surface area (Å²) in [6.07, 6.45) is 0.296. The first-order chi connectivity index (χ1) is 8.72. The molecule has 0 heterocycles. The van der Waals surface area contributed by atoms with E-state index in [1.807, 2.05) is 0 Å². The average Bonchev–Trinajstić information content (AvgIpc) is 2.27. The molecule has 0 aromatic heterocycles. The number of hydrogen-bond acceptors (Lipinski definition) is 2. The number of carbonyl (C=O) groups is 2. The van der Waals surface area contributed by atoms with E-state index < -0.39 is 23.1 Å². The van der Waals surface area contributed by atoms with Crippen LogP contribution in [-0.2, 0) is 4.79 Å². The molecule has 0 saturated heterocycles. The number of aliphatic carboxylic acids is 1. The summed E-state index contributed by atoms with van der Waals surface area (Å²) in [5, 5.41) is 11.5. The van der Waals surface area contributed by atoms with E-state index in [0.717, 1.165) is 6.07 Å². The van der Waals surface area contributed by atoms with Crippen molar-refractivity contribution in [3.8, 4) is 0 Å². The quantitative estimate of drug-likeness (QED) is 0.871. The lowest BCUT2D eigenvalue weighted by atomic mass is 9.90. The van der Waals surface area contributed by atoms with Crippen molar-refractivity contribution < 1.29 is 19.1 Å². The van der Waals surface area contributed by atoms with Gasteiger partial charge in [-0.15, -0.1) is 0 Å². The van der Waals surface area contributed by atoms with Gasteiger partial charge in [0, 0.05) is 16.6 Å². The van der Waals surface area contributed by atoms with Crippen LogP contribution in [0.2, 0.25) is 0 Å². The number of halogens is 2. The minimum atomic E-state index is -0.921. The van der Waals surface area contributed by atoms with Crippen LogP contribution in [0.25, 0.3) is 0 Å². The molecule has 0 spiro atoms. The molecule has 0 radical (unpaired) electrons. The lowest BCUT2D eigenvalue weighted by molar-refractivity contribution is -0.147. The fourth-order valence-corrected chi connectivity index (χ4v) is 1.85. The molecule has 2 N–H and O–H groups in total. The van der Waals surface area contributed by atoms with Crippen molar-refractivity contribution in [1.82, 2.24) is 5.32 Å². The molecule has 0 unspecified atom stereocenters. The Morgan fingerprint density at radius 1 is 1.37 bits per heavy atom. The van der Waals surface area contributed by atoms with Crippen molar-refractivity contribution >= 4 is 27.8 Å². The minimum absolute atomic E-state index is 0.194. The Balaban J connectivity index is 2.59. The highest BCUT2D eigenvalue weighted by Gasteiger charge is 2.26. The highest BCUT2D eigenvalue weighted by molar-refractivity contribution is 9.10. The Kier molecular flexibility index (Phi) is 5.05. The highest BCUT2D eigenvalue weighted by Crippen LogP contribution is 2.19. The monoisotopic (exact) mass is 331 g/mol. The van der Waals surface area contributed by atoms with Gasteiger partial charge in [-0.2, -0.15) is 0 Å². The molecule has 0 saturated carbocycles. The summed E-state index contributed by atoms with van der Waals surface area (Å²) in [6.45, 7) is 3.38. The van der Waals surface area contributed by atoms with Gasteiger partial charge in [0.05, 0.1) is 5.41 Å². The largest absolute Gasteiger partial charge is 0.481 e. The van der Waals surface area contributed by atoms with Crippen LogP contribution in [-0.4, -0.2) is 23.5 Å². The molecule has 0 bridgehead atoms. The van der Waals surface area contributed by atoms with Crippen molar-refractivity contribution in [2.75, 3.05) is 6.54 Å². The second kappa shape index (κ2) is 6.14. The van der Waals surface area contributed by atoms with Crippen LogP contribution in [0.5, 0.6) is 0 Å². The van der Waals surface area contributed by atoms with Gasteiger partial charge in [0.1, 0.15) is 5.82 Å². The number of hydrogen-bond donors (Lipinski definition) is 2. The second-order valence-electron chi connectivity index (χ2n) is 4.85. The van der Waals surface area contributed by atoms with Crippen LogP contribution < -0.4 is 5.32 Å². The molecule has 1 aromatic rings. The molecule has 0 atom stereocenters. The third kappa shape index (κ3) is 4.63. The maximum absolute atomic E-state index is 13.1. The topological polar surface area (TPSA) is 66.4 Å². The van der Waals surface area contributed by atoms with Gasteiger partial charge in [0.15, 0.2) is 0 Å². The van der Waals surface area contributed by atoms with Crippen molar-refractivity contribution in [3.05, 3.63) is 34.1 Å². The van der Waals surface area contributed by atoms with Gasteiger partial charge in [-0.05, 0) is 38.5 Å². The number of carbonyl (C=O) groups excluding carboxylic acids is 1. The highest BCUT2D eigenvalue weighted by atomic mass is 79.9. The van der Waals surface area contributed by atoms with E-state index in [1.54, 1.807) is 13.8 Å². The van der Waals surface area contributed by atoms with Gasteiger partial charge in [0.25, 0.3) is 5.91 Å². The van der Waals surface area contributed by atoms with Gasteiger partial charge in [-0.25, -0.2) is 4.39 Å². The zero-order valence-corrected chi connectivity index (χ0v) is 12.3. The predicted molar refractivity (Wildman–Crippen MR) is 72.5 cm³/mol. The lowest BCUT2D eigenvalue weighted by Crippen LogP contribution is -2.32. The van der Waals surface area contributed by atoms with E-state index in [2.05, 4.69) is 21.2 Å². The molecule has 0 aliphatic carbocycles. The number of carboxylic acids is 1.